The zero-order valence-electron chi connectivity index (χ0n) is 11.7. The normalized spacial score (nSPS) is 11.0. The van der Waals surface area contributed by atoms with Gasteiger partial charge < -0.3 is 0 Å². The second-order valence-corrected chi connectivity index (χ2v) is 5.11. The Labute approximate surface area is 122 Å². The van der Waals surface area contributed by atoms with Crippen molar-refractivity contribution in [2.45, 2.75) is 12.8 Å². The first-order valence-corrected chi connectivity index (χ1v) is 6.80. The van der Waals surface area contributed by atoms with E-state index in [1.165, 1.54) is 12.1 Å². The maximum absolute atomic E-state index is 13.1. The fourth-order valence-electron chi connectivity index (χ4n) is 2.54. The Morgan fingerprint density at radius 2 is 1.95 bits per heavy atom. The molecule has 21 heavy (non-hydrogen) atoms. The van der Waals surface area contributed by atoms with Crippen molar-refractivity contribution in [2.75, 3.05) is 0 Å². The topological polar surface area (TPSA) is 34.9 Å². The van der Waals surface area contributed by atoms with Crippen LogP contribution in [0.1, 0.15) is 11.3 Å². The molecule has 0 aliphatic rings. The van der Waals surface area contributed by atoms with Crippen molar-refractivity contribution in [1.82, 2.24) is 9.78 Å². The minimum atomic E-state index is -0.316. The number of benzene rings is 2. The molecule has 0 saturated heterocycles. The minimum absolute atomic E-state index is 0.0319. The number of aromatic nitrogens is 2. The minimum Gasteiger partial charge on any atom is -0.299 e. The highest BCUT2D eigenvalue weighted by Gasteiger charge is 2.12. The molecule has 3 aromatic rings. The van der Waals surface area contributed by atoms with Crippen LogP contribution in [-0.2, 0) is 24.7 Å². The van der Waals surface area contributed by atoms with E-state index in [0.717, 1.165) is 16.6 Å². The molecule has 2 aromatic carbocycles. The van der Waals surface area contributed by atoms with Crippen LogP contribution in [0.5, 0.6) is 0 Å². The quantitative estimate of drug-likeness (QED) is 0.737. The van der Waals surface area contributed by atoms with E-state index in [1.807, 2.05) is 31.3 Å². The van der Waals surface area contributed by atoms with Gasteiger partial charge in [0.15, 0.2) is 0 Å². The second kappa shape index (κ2) is 5.48. The van der Waals surface area contributed by atoms with E-state index in [4.69, 9.17) is 0 Å². The van der Waals surface area contributed by atoms with Gasteiger partial charge in [-0.15, -0.1) is 0 Å². The third-order valence-corrected chi connectivity index (χ3v) is 3.49. The van der Waals surface area contributed by atoms with Crippen molar-refractivity contribution in [2.24, 2.45) is 7.05 Å². The first kappa shape index (κ1) is 13.5. The molecule has 3 nitrogen and oxygen atoms in total. The summed E-state index contributed by atoms with van der Waals surface area (Å²) in [5, 5.41) is 5.40. The van der Waals surface area contributed by atoms with Crippen LogP contribution in [0.4, 0.5) is 4.39 Å². The van der Waals surface area contributed by atoms with Gasteiger partial charge >= 0.3 is 0 Å². The molecule has 1 heterocycles. The maximum Gasteiger partial charge on any atom is 0.143 e. The largest absolute Gasteiger partial charge is 0.299 e. The summed E-state index contributed by atoms with van der Waals surface area (Å²) in [6.45, 7) is 0. The number of ketones is 1. The predicted octanol–water partition coefficient (Wildman–Crippen LogP) is 3.07. The van der Waals surface area contributed by atoms with Gasteiger partial charge in [0.1, 0.15) is 11.6 Å². The molecule has 0 aliphatic heterocycles. The summed E-state index contributed by atoms with van der Waals surface area (Å²) >= 11 is 0. The van der Waals surface area contributed by atoms with Crippen LogP contribution >= 0.6 is 0 Å². The predicted molar refractivity (Wildman–Crippen MR) is 79.5 cm³/mol. The van der Waals surface area contributed by atoms with Gasteiger partial charge in [0.25, 0.3) is 0 Å². The average Bonchev–Trinajstić information content (AvgIpc) is 2.76. The monoisotopic (exact) mass is 282 g/mol. The van der Waals surface area contributed by atoms with Crippen molar-refractivity contribution >= 4 is 16.7 Å². The molecule has 1 aromatic heterocycles. The highest BCUT2D eigenvalue weighted by atomic mass is 19.1. The lowest BCUT2D eigenvalue weighted by Crippen LogP contribution is -2.07. The van der Waals surface area contributed by atoms with Crippen molar-refractivity contribution in [3.63, 3.8) is 0 Å². The number of aryl methyl sites for hydroxylation is 1. The Bertz CT molecular complexity index is 807. The summed E-state index contributed by atoms with van der Waals surface area (Å²) in [4.78, 5) is 12.2. The third kappa shape index (κ3) is 2.84. The van der Waals surface area contributed by atoms with Gasteiger partial charge in [-0.05, 0) is 23.8 Å². The van der Waals surface area contributed by atoms with Crippen LogP contribution in [0, 0.1) is 5.82 Å². The SMILES string of the molecule is Cn1nc(CC(=O)Cc2cccc(F)c2)c2ccccc21. The van der Waals surface area contributed by atoms with Crippen LogP contribution < -0.4 is 0 Å². The number of halogens is 1. The Balaban J connectivity index is 1.80. The van der Waals surface area contributed by atoms with E-state index in [9.17, 15) is 9.18 Å². The van der Waals surface area contributed by atoms with Gasteiger partial charge in [-0.1, -0.05) is 30.3 Å². The smallest absolute Gasteiger partial charge is 0.143 e. The van der Waals surface area contributed by atoms with Gasteiger partial charge in [-0.25, -0.2) is 4.39 Å². The number of para-hydroxylation sites is 1. The van der Waals surface area contributed by atoms with Crippen LogP contribution in [0.2, 0.25) is 0 Å². The molecule has 0 atom stereocenters. The fraction of sp³-hybridized carbons (Fsp3) is 0.176. The van der Waals surface area contributed by atoms with E-state index in [-0.39, 0.29) is 24.4 Å². The molecule has 0 spiro atoms. The number of carbonyl (C=O) groups excluding carboxylic acids is 1. The molecule has 106 valence electrons. The highest BCUT2D eigenvalue weighted by Crippen LogP contribution is 2.18. The average molecular weight is 282 g/mol. The standard InChI is InChI=1S/C17H15FN2O/c1-20-17-8-3-2-7-15(17)16(19-20)11-14(21)10-12-5-4-6-13(18)9-12/h2-9H,10-11H2,1H3. The van der Waals surface area contributed by atoms with Gasteiger partial charge in [-0.2, -0.15) is 5.10 Å². The number of Topliss-reactive ketones (excluding diaryl/α,β-unsaturated/α-hetero) is 1. The molecular weight excluding hydrogens is 267 g/mol. The Hall–Kier alpha value is -2.49. The van der Waals surface area contributed by atoms with E-state index in [2.05, 4.69) is 5.10 Å². The maximum atomic E-state index is 13.1. The zero-order chi connectivity index (χ0) is 14.8. The molecule has 0 fully saturated rings. The summed E-state index contributed by atoms with van der Waals surface area (Å²) in [5.41, 5.74) is 2.47. The van der Waals surface area contributed by atoms with Crippen molar-refractivity contribution in [1.29, 1.82) is 0 Å². The molecule has 0 N–H and O–H groups in total. The summed E-state index contributed by atoms with van der Waals surface area (Å²) in [7, 11) is 1.86. The van der Waals surface area contributed by atoms with Crippen LogP contribution in [0.25, 0.3) is 10.9 Å². The molecule has 3 rings (SSSR count). The summed E-state index contributed by atoms with van der Waals surface area (Å²) in [6, 6.07) is 14.0. The van der Waals surface area contributed by atoms with E-state index >= 15 is 0 Å². The summed E-state index contributed by atoms with van der Waals surface area (Å²) in [6.07, 6.45) is 0.487. The molecular formula is C17H15FN2O. The van der Waals surface area contributed by atoms with E-state index in [1.54, 1.807) is 16.8 Å². The molecule has 0 aliphatic carbocycles. The van der Waals surface area contributed by atoms with Crippen molar-refractivity contribution < 1.29 is 9.18 Å². The fourth-order valence-corrected chi connectivity index (χ4v) is 2.54. The number of fused-ring (bicyclic) bond motifs is 1. The molecule has 0 unspecified atom stereocenters. The van der Waals surface area contributed by atoms with Crippen molar-refractivity contribution in [3.05, 3.63) is 65.6 Å². The third-order valence-electron chi connectivity index (χ3n) is 3.49. The molecule has 0 saturated carbocycles. The highest BCUT2D eigenvalue weighted by molar-refractivity contribution is 5.89. The number of carbonyl (C=O) groups is 1. The van der Waals surface area contributed by atoms with E-state index in [0.29, 0.717) is 5.56 Å². The van der Waals surface area contributed by atoms with Gasteiger partial charge in [0.05, 0.1) is 17.6 Å². The number of rotatable bonds is 4. The van der Waals surface area contributed by atoms with Crippen LogP contribution in [-0.4, -0.2) is 15.6 Å². The van der Waals surface area contributed by atoms with Gasteiger partial charge in [-0.3, -0.25) is 9.48 Å². The Morgan fingerprint density at radius 1 is 1.14 bits per heavy atom. The van der Waals surface area contributed by atoms with Gasteiger partial charge in [0, 0.05) is 18.9 Å². The molecule has 0 bridgehead atoms. The molecule has 4 heteroatoms. The zero-order valence-corrected chi connectivity index (χ0v) is 11.7. The summed E-state index contributed by atoms with van der Waals surface area (Å²) in [5.74, 6) is -0.284. The Morgan fingerprint density at radius 3 is 2.76 bits per heavy atom. The van der Waals surface area contributed by atoms with Crippen molar-refractivity contribution in [3.8, 4) is 0 Å². The van der Waals surface area contributed by atoms with Crippen LogP contribution in [0.15, 0.2) is 48.5 Å². The first-order chi connectivity index (χ1) is 10.1. The lowest BCUT2D eigenvalue weighted by atomic mass is 10.0. The molecule has 0 amide bonds. The first-order valence-electron chi connectivity index (χ1n) is 6.80. The number of nitrogens with zero attached hydrogens (tertiary/aromatic N) is 2. The van der Waals surface area contributed by atoms with Crippen LogP contribution in [0.3, 0.4) is 0 Å². The second-order valence-electron chi connectivity index (χ2n) is 5.11. The lowest BCUT2D eigenvalue weighted by Gasteiger charge is -2.00. The lowest BCUT2D eigenvalue weighted by molar-refractivity contribution is -0.117. The van der Waals surface area contributed by atoms with E-state index < -0.39 is 0 Å². The number of hydrogen-bond acceptors (Lipinski definition) is 2. The van der Waals surface area contributed by atoms with Gasteiger partial charge in [0.2, 0.25) is 0 Å². The summed E-state index contributed by atoms with van der Waals surface area (Å²) < 4.78 is 14.9. The number of hydrogen-bond donors (Lipinski definition) is 0. The Kier molecular flexibility index (Phi) is 3.52. The molecule has 0 radical (unpaired) electrons.